The van der Waals surface area contributed by atoms with E-state index in [0.717, 1.165) is 16.5 Å². The van der Waals surface area contributed by atoms with Crippen LogP contribution in [0.3, 0.4) is 0 Å². The standard InChI is InChI=1S/C21H25BrN2O4/c1-4-11-27-18-8-6-5-7-16(18)21(26)24-23-20(25)13-28-19-10-9-15(22)12-17(19)14(2)3/h5-10,12,14H,4,11,13H2,1-3H3,(H,23,25)(H,24,26). The highest BCUT2D eigenvalue weighted by Crippen LogP contribution is 2.29. The van der Waals surface area contributed by atoms with Gasteiger partial charge in [0.2, 0.25) is 0 Å². The number of nitrogens with one attached hydrogen (secondary N) is 2. The Morgan fingerprint density at radius 1 is 1.04 bits per heavy atom. The Morgan fingerprint density at radius 3 is 2.50 bits per heavy atom. The molecular formula is C21H25BrN2O4. The lowest BCUT2D eigenvalue weighted by Gasteiger charge is -2.15. The Hall–Kier alpha value is -2.54. The summed E-state index contributed by atoms with van der Waals surface area (Å²) >= 11 is 3.44. The number of carbonyl (C=O) groups is 2. The minimum absolute atomic E-state index is 0.213. The molecule has 2 rings (SSSR count). The summed E-state index contributed by atoms with van der Waals surface area (Å²) in [6.07, 6.45) is 0.832. The minimum Gasteiger partial charge on any atom is -0.493 e. The number of rotatable bonds is 8. The summed E-state index contributed by atoms with van der Waals surface area (Å²) in [6.45, 7) is 6.38. The number of amides is 2. The molecule has 2 aromatic carbocycles. The molecule has 0 aliphatic carbocycles. The molecule has 7 heteroatoms. The summed E-state index contributed by atoms with van der Waals surface area (Å²) in [7, 11) is 0. The van der Waals surface area contributed by atoms with Gasteiger partial charge in [0, 0.05) is 4.47 Å². The highest BCUT2D eigenvalue weighted by molar-refractivity contribution is 9.10. The summed E-state index contributed by atoms with van der Waals surface area (Å²) in [5.74, 6) is 0.446. The molecule has 6 nitrogen and oxygen atoms in total. The van der Waals surface area contributed by atoms with Gasteiger partial charge in [0.05, 0.1) is 12.2 Å². The van der Waals surface area contributed by atoms with Crippen LogP contribution in [0.2, 0.25) is 0 Å². The van der Waals surface area contributed by atoms with E-state index >= 15 is 0 Å². The molecule has 0 aromatic heterocycles. The lowest BCUT2D eigenvalue weighted by molar-refractivity contribution is -0.123. The van der Waals surface area contributed by atoms with Crippen molar-refractivity contribution in [2.45, 2.75) is 33.1 Å². The first-order chi connectivity index (χ1) is 13.4. The maximum Gasteiger partial charge on any atom is 0.276 e. The van der Waals surface area contributed by atoms with Crippen molar-refractivity contribution >= 4 is 27.7 Å². The fourth-order valence-electron chi connectivity index (χ4n) is 2.47. The number of ether oxygens (including phenoxy) is 2. The average Bonchev–Trinajstić information content (AvgIpc) is 2.69. The van der Waals surface area contributed by atoms with E-state index in [1.165, 1.54) is 0 Å². The zero-order valence-electron chi connectivity index (χ0n) is 16.3. The number of hydrazine groups is 1. The molecule has 0 saturated carbocycles. The molecule has 0 unspecified atom stereocenters. The first kappa shape index (κ1) is 21.8. The first-order valence-electron chi connectivity index (χ1n) is 9.15. The van der Waals surface area contributed by atoms with Gasteiger partial charge in [0.15, 0.2) is 6.61 Å². The first-order valence-corrected chi connectivity index (χ1v) is 9.95. The van der Waals surface area contributed by atoms with Crippen LogP contribution >= 0.6 is 15.9 Å². The minimum atomic E-state index is -0.460. The molecule has 0 aliphatic heterocycles. The fraction of sp³-hybridized carbons (Fsp3) is 0.333. The van der Waals surface area contributed by atoms with Crippen molar-refractivity contribution < 1.29 is 19.1 Å². The van der Waals surface area contributed by atoms with Crippen molar-refractivity contribution in [1.82, 2.24) is 10.9 Å². The largest absolute Gasteiger partial charge is 0.493 e. The molecule has 28 heavy (non-hydrogen) atoms. The number of para-hydroxylation sites is 1. The van der Waals surface area contributed by atoms with Gasteiger partial charge in [0.1, 0.15) is 11.5 Å². The Labute approximate surface area is 173 Å². The van der Waals surface area contributed by atoms with Gasteiger partial charge in [-0.05, 0) is 48.2 Å². The maximum atomic E-state index is 12.3. The molecule has 2 N–H and O–H groups in total. The van der Waals surface area contributed by atoms with E-state index in [1.807, 2.05) is 39.0 Å². The van der Waals surface area contributed by atoms with Crippen LogP contribution in [0.4, 0.5) is 0 Å². The van der Waals surface area contributed by atoms with Crippen molar-refractivity contribution in [2.75, 3.05) is 13.2 Å². The van der Waals surface area contributed by atoms with E-state index in [4.69, 9.17) is 9.47 Å². The topological polar surface area (TPSA) is 76.7 Å². The lowest BCUT2D eigenvalue weighted by Crippen LogP contribution is -2.44. The third kappa shape index (κ3) is 6.27. The monoisotopic (exact) mass is 448 g/mol. The Balaban J connectivity index is 1.91. The van der Waals surface area contributed by atoms with Crippen molar-refractivity contribution in [3.8, 4) is 11.5 Å². The number of benzene rings is 2. The molecule has 0 atom stereocenters. The Morgan fingerprint density at radius 2 is 1.79 bits per heavy atom. The number of halogens is 1. The number of carbonyl (C=O) groups excluding carboxylic acids is 2. The summed E-state index contributed by atoms with van der Waals surface area (Å²) < 4.78 is 12.1. The summed E-state index contributed by atoms with van der Waals surface area (Å²) in [5.41, 5.74) is 6.11. The van der Waals surface area contributed by atoms with Crippen molar-refractivity contribution in [1.29, 1.82) is 0 Å². The fourth-order valence-corrected chi connectivity index (χ4v) is 2.85. The Bertz CT molecular complexity index is 824. The smallest absolute Gasteiger partial charge is 0.276 e. The van der Waals surface area contributed by atoms with Crippen molar-refractivity contribution in [2.24, 2.45) is 0 Å². The van der Waals surface area contributed by atoms with Crippen LogP contribution < -0.4 is 20.3 Å². The van der Waals surface area contributed by atoms with Crippen LogP contribution in [0.15, 0.2) is 46.9 Å². The Kier molecular flexibility index (Phi) is 8.32. The zero-order chi connectivity index (χ0) is 20.5. The molecule has 2 aromatic rings. The molecule has 0 heterocycles. The molecule has 0 bridgehead atoms. The van der Waals surface area contributed by atoms with Crippen LogP contribution in [0.5, 0.6) is 11.5 Å². The molecule has 150 valence electrons. The highest BCUT2D eigenvalue weighted by Gasteiger charge is 2.14. The molecule has 0 fully saturated rings. The molecule has 2 amide bonds. The number of hydrogen-bond acceptors (Lipinski definition) is 4. The van der Waals surface area contributed by atoms with Gasteiger partial charge in [-0.25, -0.2) is 0 Å². The highest BCUT2D eigenvalue weighted by atomic mass is 79.9. The van der Waals surface area contributed by atoms with E-state index in [2.05, 4.69) is 26.8 Å². The molecule has 0 aliphatic rings. The van der Waals surface area contributed by atoms with Gasteiger partial charge >= 0.3 is 0 Å². The van der Waals surface area contributed by atoms with Crippen LogP contribution in [0, 0.1) is 0 Å². The van der Waals surface area contributed by atoms with E-state index in [-0.39, 0.29) is 12.5 Å². The van der Waals surface area contributed by atoms with Crippen molar-refractivity contribution in [3.63, 3.8) is 0 Å². The average molecular weight is 449 g/mol. The SMILES string of the molecule is CCCOc1ccccc1C(=O)NNC(=O)COc1ccc(Br)cc1C(C)C. The third-order valence-corrected chi connectivity index (χ3v) is 4.35. The quantitative estimate of drug-likeness (QED) is 0.593. The van der Waals surface area contributed by atoms with Gasteiger partial charge in [-0.15, -0.1) is 0 Å². The van der Waals surface area contributed by atoms with Gasteiger partial charge in [-0.1, -0.05) is 48.8 Å². The van der Waals surface area contributed by atoms with Crippen LogP contribution in [0.25, 0.3) is 0 Å². The third-order valence-electron chi connectivity index (χ3n) is 3.86. The second-order valence-corrected chi connectivity index (χ2v) is 7.39. The zero-order valence-corrected chi connectivity index (χ0v) is 17.8. The second kappa shape index (κ2) is 10.7. The summed E-state index contributed by atoms with van der Waals surface area (Å²) in [6, 6.07) is 12.5. The van der Waals surface area contributed by atoms with Crippen LogP contribution in [0.1, 0.15) is 49.0 Å². The summed E-state index contributed by atoms with van der Waals surface area (Å²) in [5, 5.41) is 0. The van der Waals surface area contributed by atoms with Crippen LogP contribution in [-0.2, 0) is 4.79 Å². The second-order valence-electron chi connectivity index (χ2n) is 6.47. The molecular weight excluding hydrogens is 424 g/mol. The van der Waals surface area contributed by atoms with E-state index in [9.17, 15) is 9.59 Å². The predicted molar refractivity (Wildman–Crippen MR) is 112 cm³/mol. The molecule has 0 spiro atoms. The van der Waals surface area contributed by atoms with E-state index in [0.29, 0.717) is 23.7 Å². The van der Waals surface area contributed by atoms with Gasteiger partial charge in [0.25, 0.3) is 11.8 Å². The van der Waals surface area contributed by atoms with Gasteiger partial charge in [-0.3, -0.25) is 20.4 Å². The van der Waals surface area contributed by atoms with E-state index < -0.39 is 11.8 Å². The number of hydrogen-bond donors (Lipinski definition) is 2. The van der Waals surface area contributed by atoms with Gasteiger partial charge in [-0.2, -0.15) is 0 Å². The van der Waals surface area contributed by atoms with E-state index in [1.54, 1.807) is 24.3 Å². The normalized spacial score (nSPS) is 10.5. The van der Waals surface area contributed by atoms with Crippen molar-refractivity contribution in [3.05, 3.63) is 58.1 Å². The molecule has 0 saturated heterocycles. The summed E-state index contributed by atoms with van der Waals surface area (Å²) in [4.78, 5) is 24.4. The predicted octanol–water partition coefficient (Wildman–Crippen LogP) is 4.20. The molecule has 0 radical (unpaired) electrons. The maximum absolute atomic E-state index is 12.3. The van der Waals surface area contributed by atoms with Gasteiger partial charge < -0.3 is 9.47 Å². The lowest BCUT2D eigenvalue weighted by atomic mass is 10.0. The van der Waals surface area contributed by atoms with Crippen LogP contribution in [-0.4, -0.2) is 25.0 Å².